The lowest BCUT2D eigenvalue weighted by Crippen LogP contribution is -2.37. The van der Waals surface area contributed by atoms with Crippen LogP contribution in [0.3, 0.4) is 0 Å². The number of piperidine rings is 1. The maximum absolute atomic E-state index is 11.0. The Kier molecular flexibility index (Phi) is 6.87. The van der Waals surface area contributed by atoms with Gasteiger partial charge in [0.15, 0.2) is 0 Å². The summed E-state index contributed by atoms with van der Waals surface area (Å²) in [6.07, 6.45) is 2.99. The van der Waals surface area contributed by atoms with E-state index in [0.29, 0.717) is 5.92 Å². The lowest BCUT2D eigenvalue weighted by Gasteiger charge is -2.24. The first-order valence-corrected chi connectivity index (χ1v) is 4.78. The molecule has 1 aliphatic heterocycles. The summed E-state index contributed by atoms with van der Waals surface area (Å²) >= 11 is 0. The van der Waals surface area contributed by atoms with Crippen LogP contribution in [-0.4, -0.2) is 32.2 Å². The number of nitrogens with one attached hydrogen (secondary N) is 1. The van der Waals surface area contributed by atoms with Crippen LogP contribution in [-0.2, 0) is 9.53 Å². The number of ether oxygens (including phenoxy) is 1. The largest absolute Gasteiger partial charge is 0.468 e. The van der Waals surface area contributed by atoms with E-state index >= 15 is 0 Å². The van der Waals surface area contributed by atoms with Crippen molar-refractivity contribution in [3.63, 3.8) is 0 Å². The highest BCUT2D eigenvalue weighted by Crippen LogP contribution is 2.17. The third-order valence-corrected chi connectivity index (χ3v) is 2.55. The van der Waals surface area contributed by atoms with Crippen molar-refractivity contribution in [2.45, 2.75) is 25.3 Å². The van der Waals surface area contributed by atoms with Crippen LogP contribution in [0.25, 0.3) is 0 Å². The summed E-state index contributed by atoms with van der Waals surface area (Å²) in [5, 5.41) is 3.27. The molecule has 4 nitrogen and oxygen atoms in total. The molecule has 1 fully saturated rings. The van der Waals surface area contributed by atoms with Gasteiger partial charge in [-0.2, -0.15) is 0 Å². The predicted octanol–water partition coefficient (Wildman–Crippen LogP) is 0.298. The zero-order chi connectivity index (χ0) is 9.68. The standard InChI is InChI=1S/C9H18N2O2.ClH/c1-13-9(12)8(10)6-7-2-4-11-5-3-7;/h7-8,11H,2-6,10H2,1H3;1H/t8-;/m0./s1. The molecule has 1 heterocycles. The van der Waals surface area contributed by atoms with Crippen molar-refractivity contribution < 1.29 is 9.53 Å². The van der Waals surface area contributed by atoms with E-state index in [4.69, 9.17) is 5.73 Å². The highest BCUT2D eigenvalue weighted by atomic mass is 35.5. The summed E-state index contributed by atoms with van der Waals surface area (Å²) in [6, 6.07) is -0.437. The second kappa shape index (κ2) is 7.04. The van der Waals surface area contributed by atoms with Crippen LogP contribution in [0.4, 0.5) is 0 Å². The third kappa shape index (κ3) is 4.26. The SMILES string of the molecule is COC(=O)[C@@H](N)CC1CCNCC1.Cl. The smallest absolute Gasteiger partial charge is 0.322 e. The molecule has 1 aliphatic rings. The number of halogens is 1. The number of nitrogens with two attached hydrogens (primary N) is 1. The summed E-state index contributed by atoms with van der Waals surface area (Å²) in [6.45, 7) is 2.08. The van der Waals surface area contributed by atoms with Gasteiger partial charge in [0.1, 0.15) is 6.04 Å². The molecule has 0 unspecified atom stereocenters. The molecule has 0 aromatic rings. The first-order valence-electron chi connectivity index (χ1n) is 4.78. The monoisotopic (exact) mass is 222 g/mol. The van der Waals surface area contributed by atoms with Gasteiger partial charge in [-0.05, 0) is 38.3 Å². The predicted molar refractivity (Wildman–Crippen MR) is 57.5 cm³/mol. The van der Waals surface area contributed by atoms with Crippen molar-refractivity contribution in [2.75, 3.05) is 20.2 Å². The molecule has 1 saturated heterocycles. The van der Waals surface area contributed by atoms with Crippen LogP contribution in [0.2, 0.25) is 0 Å². The fourth-order valence-electron chi connectivity index (χ4n) is 1.72. The molecule has 0 saturated carbocycles. The molecule has 0 aliphatic carbocycles. The summed E-state index contributed by atoms with van der Waals surface area (Å²) in [7, 11) is 1.38. The van der Waals surface area contributed by atoms with E-state index in [1.165, 1.54) is 7.11 Å². The van der Waals surface area contributed by atoms with Gasteiger partial charge in [0.25, 0.3) is 0 Å². The lowest BCUT2D eigenvalue weighted by atomic mass is 9.91. The van der Waals surface area contributed by atoms with E-state index in [2.05, 4.69) is 10.1 Å². The highest BCUT2D eigenvalue weighted by molar-refractivity contribution is 5.85. The van der Waals surface area contributed by atoms with Gasteiger partial charge in [0.05, 0.1) is 7.11 Å². The summed E-state index contributed by atoms with van der Waals surface area (Å²) in [5.74, 6) is 0.286. The van der Waals surface area contributed by atoms with Crippen LogP contribution in [0.15, 0.2) is 0 Å². The minimum atomic E-state index is -0.437. The molecule has 0 bridgehead atoms. The van der Waals surface area contributed by atoms with Crippen molar-refractivity contribution in [1.29, 1.82) is 0 Å². The zero-order valence-electron chi connectivity index (χ0n) is 8.49. The number of hydrogen-bond acceptors (Lipinski definition) is 4. The summed E-state index contributed by atoms with van der Waals surface area (Å²) < 4.78 is 4.57. The van der Waals surface area contributed by atoms with E-state index < -0.39 is 6.04 Å². The van der Waals surface area contributed by atoms with Crippen molar-refractivity contribution in [1.82, 2.24) is 5.32 Å². The fourth-order valence-corrected chi connectivity index (χ4v) is 1.72. The van der Waals surface area contributed by atoms with E-state index in [1.807, 2.05) is 0 Å². The average Bonchev–Trinajstić information content (AvgIpc) is 2.18. The molecule has 0 aromatic carbocycles. The molecular weight excluding hydrogens is 204 g/mol. The van der Waals surface area contributed by atoms with Gasteiger partial charge in [-0.25, -0.2) is 0 Å². The number of methoxy groups -OCH3 is 1. The molecule has 1 rings (SSSR count). The highest BCUT2D eigenvalue weighted by Gasteiger charge is 2.21. The number of carbonyl (C=O) groups excluding carboxylic acids is 1. The Morgan fingerprint density at radius 2 is 2.14 bits per heavy atom. The Bertz CT molecular complexity index is 172. The van der Waals surface area contributed by atoms with Gasteiger partial charge >= 0.3 is 5.97 Å². The Balaban J connectivity index is 0.00000169. The van der Waals surface area contributed by atoms with Gasteiger partial charge in [-0.15, -0.1) is 12.4 Å². The van der Waals surface area contributed by atoms with Gasteiger partial charge < -0.3 is 15.8 Å². The van der Waals surface area contributed by atoms with Crippen molar-refractivity contribution in [3.05, 3.63) is 0 Å². The van der Waals surface area contributed by atoms with Crippen LogP contribution >= 0.6 is 12.4 Å². The molecule has 84 valence electrons. The second-order valence-corrected chi connectivity index (χ2v) is 3.56. The number of hydrogen-bond donors (Lipinski definition) is 2. The van der Waals surface area contributed by atoms with Crippen LogP contribution in [0.1, 0.15) is 19.3 Å². The minimum absolute atomic E-state index is 0. The lowest BCUT2D eigenvalue weighted by molar-refractivity contribution is -0.142. The maximum atomic E-state index is 11.0. The number of carbonyl (C=O) groups is 1. The summed E-state index contributed by atoms with van der Waals surface area (Å²) in [4.78, 5) is 11.0. The second-order valence-electron chi connectivity index (χ2n) is 3.56. The number of rotatable bonds is 3. The Labute approximate surface area is 91.0 Å². The molecule has 14 heavy (non-hydrogen) atoms. The van der Waals surface area contributed by atoms with Gasteiger partial charge in [-0.3, -0.25) is 4.79 Å². The Morgan fingerprint density at radius 1 is 1.57 bits per heavy atom. The first kappa shape index (κ1) is 13.7. The molecule has 0 aromatic heterocycles. The van der Waals surface area contributed by atoms with Gasteiger partial charge in [0.2, 0.25) is 0 Å². The van der Waals surface area contributed by atoms with Gasteiger partial charge in [-0.1, -0.05) is 0 Å². The topological polar surface area (TPSA) is 64.3 Å². The van der Waals surface area contributed by atoms with Crippen LogP contribution in [0.5, 0.6) is 0 Å². The molecule has 0 amide bonds. The van der Waals surface area contributed by atoms with Crippen LogP contribution < -0.4 is 11.1 Å². The summed E-state index contributed by atoms with van der Waals surface area (Å²) in [5.41, 5.74) is 5.66. The van der Waals surface area contributed by atoms with Gasteiger partial charge in [0, 0.05) is 0 Å². The minimum Gasteiger partial charge on any atom is -0.468 e. The maximum Gasteiger partial charge on any atom is 0.322 e. The quantitative estimate of drug-likeness (QED) is 0.675. The van der Waals surface area contributed by atoms with E-state index in [9.17, 15) is 4.79 Å². The first-order chi connectivity index (χ1) is 6.24. The van der Waals surface area contributed by atoms with Crippen molar-refractivity contribution in [3.8, 4) is 0 Å². The number of esters is 1. The Morgan fingerprint density at radius 3 is 2.64 bits per heavy atom. The van der Waals surface area contributed by atoms with Crippen LogP contribution in [0, 0.1) is 5.92 Å². The molecular formula is C9H19ClN2O2. The normalized spacial score (nSPS) is 19.6. The van der Waals surface area contributed by atoms with E-state index in [0.717, 1.165) is 32.4 Å². The molecule has 1 atom stereocenters. The van der Waals surface area contributed by atoms with E-state index in [-0.39, 0.29) is 18.4 Å². The molecule has 5 heteroatoms. The molecule has 3 N–H and O–H groups in total. The third-order valence-electron chi connectivity index (χ3n) is 2.55. The van der Waals surface area contributed by atoms with Crippen molar-refractivity contribution in [2.24, 2.45) is 11.7 Å². The molecule has 0 radical (unpaired) electrons. The average molecular weight is 223 g/mol. The zero-order valence-corrected chi connectivity index (χ0v) is 9.31. The fraction of sp³-hybridized carbons (Fsp3) is 0.889. The molecule has 0 spiro atoms. The van der Waals surface area contributed by atoms with Crippen molar-refractivity contribution >= 4 is 18.4 Å². The van der Waals surface area contributed by atoms with E-state index in [1.54, 1.807) is 0 Å². The Hall–Kier alpha value is -0.320.